The van der Waals surface area contributed by atoms with E-state index in [1.54, 1.807) is 55.3 Å². The highest BCUT2D eigenvalue weighted by molar-refractivity contribution is 7.91. The van der Waals surface area contributed by atoms with Gasteiger partial charge in [0.2, 0.25) is 11.8 Å². The van der Waals surface area contributed by atoms with Crippen molar-refractivity contribution in [1.82, 2.24) is 4.90 Å². The lowest BCUT2D eigenvalue weighted by Gasteiger charge is -2.31. The highest BCUT2D eigenvalue weighted by atomic mass is 32.2. The largest absolute Gasteiger partial charge is 0.341 e. The SMILES string of the molecule is CCS(=O)(=O)c1ccc(CC(=O)Nc2ccc(C(=O)N(C)CC3CCC(F)(F)CC3)cc2)cc1. The van der Waals surface area contributed by atoms with Crippen LogP contribution in [0.1, 0.15) is 48.5 Å². The van der Waals surface area contributed by atoms with Gasteiger partial charge >= 0.3 is 0 Å². The average Bonchev–Trinajstić information content (AvgIpc) is 2.80. The maximum absolute atomic E-state index is 13.3. The number of amides is 2. The zero-order valence-corrected chi connectivity index (χ0v) is 20.2. The molecule has 1 fully saturated rings. The van der Waals surface area contributed by atoms with Crippen molar-refractivity contribution in [3.63, 3.8) is 0 Å². The van der Waals surface area contributed by atoms with Crippen molar-refractivity contribution in [2.24, 2.45) is 5.92 Å². The van der Waals surface area contributed by atoms with Gasteiger partial charge in [0.05, 0.1) is 17.1 Å². The van der Waals surface area contributed by atoms with E-state index in [2.05, 4.69) is 5.32 Å². The number of anilines is 1. The molecule has 184 valence electrons. The summed E-state index contributed by atoms with van der Waals surface area (Å²) in [6.07, 6.45) is 0.641. The van der Waals surface area contributed by atoms with Crippen LogP contribution < -0.4 is 5.32 Å². The molecule has 9 heteroatoms. The van der Waals surface area contributed by atoms with Gasteiger partial charge in [0, 0.05) is 37.7 Å². The van der Waals surface area contributed by atoms with Crippen LogP contribution in [0.2, 0.25) is 0 Å². The first-order valence-electron chi connectivity index (χ1n) is 11.3. The molecule has 0 saturated heterocycles. The van der Waals surface area contributed by atoms with Gasteiger partial charge in [-0.05, 0) is 60.7 Å². The van der Waals surface area contributed by atoms with E-state index in [0.29, 0.717) is 36.2 Å². The summed E-state index contributed by atoms with van der Waals surface area (Å²) in [5.41, 5.74) is 1.67. The summed E-state index contributed by atoms with van der Waals surface area (Å²) in [5, 5.41) is 2.76. The Morgan fingerprint density at radius 1 is 1.03 bits per heavy atom. The summed E-state index contributed by atoms with van der Waals surface area (Å²) in [5.74, 6) is -2.96. The maximum Gasteiger partial charge on any atom is 0.253 e. The van der Waals surface area contributed by atoms with Gasteiger partial charge in [0.25, 0.3) is 5.91 Å². The minimum absolute atomic E-state index is 0.0145. The Kier molecular flexibility index (Phi) is 8.07. The number of hydrogen-bond acceptors (Lipinski definition) is 4. The van der Waals surface area contributed by atoms with E-state index < -0.39 is 15.8 Å². The van der Waals surface area contributed by atoms with Gasteiger partial charge in [0.15, 0.2) is 9.84 Å². The number of hydrogen-bond donors (Lipinski definition) is 1. The van der Waals surface area contributed by atoms with E-state index in [1.165, 1.54) is 12.1 Å². The molecule has 3 rings (SSSR count). The van der Waals surface area contributed by atoms with Gasteiger partial charge in [-0.15, -0.1) is 0 Å². The Morgan fingerprint density at radius 3 is 2.18 bits per heavy atom. The Hall–Kier alpha value is -2.81. The maximum atomic E-state index is 13.3. The zero-order valence-electron chi connectivity index (χ0n) is 19.4. The molecule has 1 N–H and O–H groups in total. The van der Waals surface area contributed by atoms with Crippen molar-refractivity contribution in [3.8, 4) is 0 Å². The van der Waals surface area contributed by atoms with E-state index >= 15 is 0 Å². The number of halogens is 2. The molecule has 1 aliphatic carbocycles. The molecule has 0 atom stereocenters. The van der Waals surface area contributed by atoms with Crippen LogP contribution in [0, 0.1) is 5.92 Å². The fraction of sp³-hybridized carbons (Fsp3) is 0.440. The Balaban J connectivity index is 1.52. The molecule has 0 aromatic heterocycles. The molecule has 0 heterocycles. The van der Waals surface area contributed by atoms with Crippen molar-refractivity contribution in [2.45, 2.75) is 49.8 Å². The van der Waals surface area contributed by atoms with Crippen molar-refractivity contribution in [2.75, 3.05) is 24.7 Å². The first kappa shape index (κ1) is 25.8. The molecule has 1 saturated carbocycles. The molecule has 2 aromatic rings. The van der Waals surface area contributed by atoms with Crippen LogP contribution in [0.4, 0.5) is 14.5 Å². The first-order chi connectivity index (χ1) is 16.0. The minimum atomic E-state index is -3.28. The number of rotatable bonds is 8. The second kappa shape index (κ2) is 10.6. The third kappa shape index (κ3) is 6.85. The molecule has 6 nitrogen and oxygen atoms in total. The normalized spacial score (nSPS) is 16.1. The number of sulfone groups is 1. The lowest BCUT2D eigenvalue weighted by Crippen LogP contribution is -2.35. The van der Waals surface area contributed by atoms with E-state index in [-0.39, 0.29) is 47.6 Å². The first-order valence-corrected chi connectivity index (χ1v) is 13.0. The van der Waals surface area contributed by atoms with Gasteiger partial charge in [-0.1, -0.05) is 19.1 Å². The second-order valence-corrected chi connectivity index (χ2v) is 11.1. The predicted octanol–water partition coefficient (Wildman–Crippen LogP) is 4.56. The summed E-state index contributed by atoms with van der Waals surface area (Å²) in [7, 11) is -1.62. The number of alkyl halides is 2. The van der Waals surface area contributed by atoms with E-state index in [4.69, 9.17) is 0 Å². The molecule has 2 aromatic carbocycles. The van der Waals surface area contributed by atoms with Crippen LogP contribution >= 0.6 is 0 Å². The second-order valence-electron chi connectivity index (χ2n) is 8.83. The molecule has 2 amide bonds. The summed E-state index contributed by atoms with van der Waals surface area (Å²) in [4.78, 5) is 26.8. The lowest BCUT2D eigenvalue weighted by atomic mass is 9.86. The highest BCUT2D eigenvalue weighted by Gasteiger charge is 2.35. The highest BCUT2D eigenvalue weighted by Crippen LogP contribution is 2.36. The Bertz CT molecular complexity index is 1110. The third-order valence-corrected chi connectivity index (χ3v) is 7.91. The number of nitrogens with one attached hydrogen (secondary N) is 1. The summed E-state index contributed by atoms with van der Waals surface area (Å²) in [6.45, 7) is 2.01. The van der Waals surface area contributed by atoms with Crippen molar-refractivity contribution >= 4 is 27.3 Å². The minimum Gasteiger partial charge on any atom is -0.341 e. The molecule has 0 unspecified atom stereocenters. The van der Waals surface area contributed by atoms with Gasteiger partial charge in [-0.3, -0.25) is 9.59 Å². The standard InChI is InChI=1S/C25H30F2N2O4S/c1-3-34(32,33)22-10-4-18(5-11-22)16-23(30)28-21-8-6-20(7-9-21)24(31)29(2)17-19-12-14-25(26,27)15-13-19/h4-11,19H,3,12-17H2,1-2H3,(H,28,30). The van der Waals surface area contributed by atoms with Gasteiger partial charge in [-0.2, -0.15) is 0 Å². The van der Waals surface area contributed by atoms with Crippen LogP contribution in [-0.4, -0.2) is 50.4 Å². The van der Waals surface area contributed by atoms with Gasteiger partial charge in [-0.25, -0.2) is 17.2 Å². The summed E-state index contributed by atoms with van der Waals surface area (Å²) >= 11 is 0. The van der Waals surface area contributed by atoms with E-state index in [0.717, 1.165) is 0 Å². The van der Waals surface area contributed by atoms with Gasteiger partial charge < -0.3 is 10.2 Å². The van der Waals surface area contributed by atoms with Crippen molar-refractivity contribution in [3.05, 3.63) is 59.7 Å². The molecular weight excluding hydrogens is 462 g/mol. The average molecular weight is 493 g/mol. The lowest BCUT2D eigenvalue weighted by molar-refractivity contribution is -0.115. The summed E-state index contributed by atoms with van der Waals surface area (Å²) < 4.78 is 50.4. The van der Waals surface area contributed by atoms with Crippen LogP contribution in [0.15, 0.2) is 53.4 Å². The summed E-state index contributed by atoms with van der Waals surface area (Å²) in [6, 6.07) is 12.7. The number of nitrogens with zero attached hydrogens (tertiary/aromatic N) is 1. The smallest absolute Gasteiger partial charge is 0.253 e. The molecule has 0 spiro atoms. The van der Waals surface area contributed by atoms with Crippen LogP contribution in [-0.2, 0) is 21.1 Å². The molecule has 0 aliphatic heterocycles. The fourth-order valence-corrected chi connectivity index (χ4v) is 4.93. The zero-order chi connectivity index (χ0) is 24.9. The quantitative estimate of drug-likeness (QED) is 0.586. The Morgan fingerprint density at radius 2 is 1.62 bits per heavy atom. The number of benzene rings is 2. The fourth-order valence-electron chi connectivity index (χ4n) is 4.04. The van der Waals surface area contributed by atoms with Gasteiger partial charge in [0.1, 0.15) is 0 Å². The monoisotopic (exact) mass is 492 g/mol. The molecule has 34 heavy (non-hydrogen) atoms. The van der Waals surface area contributed by atoms with Crippen molar-refractivity contribution in [1.29, 1.82) is 0 Å². The number of carbonyl (C=O) groups excluding carboxylic acids is 2. The van der Waals surface area contributed by atoms with Crippen LogP contribution in [0.25, 0.3) is 0 Å². The van der Waals surface area contributed by atoms with Crippen molar-refractivity contribution < 1.29 is 26.8 Å². The predicted molar refractivity (Wildman–Crippen MR) is 127 cm³/mol. The van der Waals surface area contributed by atoms with E-state index in [9.17, 15) is 26.8 Å². The van der Waals surface area contributed by atoms with E-state index in [1.807, 2.05) is 0 Å². The number of carbonyl (C=O) groups is 2. The molecule has 0 bridgehead atoms. The third-order valence-electron chi connectivity index (χ3n) is 6.16. The van der Waals surface area contributed by atoms with Crippen LogP contribution in [0.5, 0.6) is 0 Å². The topological polar surface area (TPSA) is 83.5 Å². The van der Waals surface area contributed by atoms with Crippen LogP contribution in [0.3, 0.4) is 0 Å². The molecule has 1 aliphatic rings. The molecular formula is C25H30F2N2O4S. The molecule has 0 radical (unpaired) electrons. The Labute approximate surface area is 199 Å².